The highest BCUT2D eigenvalue weighted by molar-refractivity contribution is 9.10. The molecular formula is C18H19Br2NO4. The molecule has 134 valence electrons. The first kappa shape index (κ1) is 19.6. The first-order valence-electron chi connectivity index (χ1n) is 7.59. The summed E-state index contributed by atoms with van der Waals surface area (Å²) in [5, 5.41) is 2.84. The summed E-state index contributed by atoms with van der Waals surface area (Å²) in [6, 6.07) is 11.1. The van der Waals surface area contributed by atoms with Gasteiger partial charge in [0.2, 0.25) is 0 Å². The summed E-state index contributed by atoms with van der Waals surface area (Å²) in [6.45, 7) is 0.478. The predicted molar refractivity (Wildman–Crippen MR) is 104 cm³/mol. The van der Waals surface area contributed by atoms with Gasteiger partial charge in [-0.2, -0.15) is 0 Å². The number of methoxy groups -OCH3 is 2. The molecule has 0 spiro atoms. The Hall–Kier alpha value is -1.73. The average molecular weight is 473 g/mol. The molecule has 1 N–H and O–H groups in total. The van der Waals surface area contributed by atoms with E-state index in [2.05, 4.69) is 37.2 Å². The summed E-state index contributed by atoms with van der Waals surface area (Å²) < 4.78 is 17.9. The van der Waals surface area contributed by atoms with Gasteiger partial charge in [0.25, 0.3) is 5.91 Å². The maximum Gasteiger partial charge on any atom is 0.257 e. The van der Waals surface area contributed by atoms with Gasteiger partial charge in [0.1, 0.15) is 5.75 Å². The van der Waals surface area contributed by atoms with Crippen molar-refractivity contribution in [1.82, 2.24) is 5.32 Å². The zero-order valence-electron chi connectivity index (χ0n) is 14.0. The van der Waals surface area contributed by atoms with Crippen LogP contribution in [0.2, 0.25) is 0 Å². The SMILES string of the molecule is COc1cc(Br)c(CCNC(=O)COc2ccc(Br)cc2)cc1OC. The third-order valence-electron chi connectivity index (χ3n) is 3.45. The molecule has 2 aromatic rings. The monoisotopic (exact) mass is 471 g/mol. The standard InChI is InChI=1S/C18H19Br2NO4/c1-23-16-9-12(15(20)10-17(16)24-2)7-8-21-18(22)11-25-14-5-3-13(19)4-6-14/h3-6,9-10H,7-8,11H2,1-2H3,(H,21,22). The fourth-order valence-electron chi connectivity index (χ4n) is 2.16. The number of nitrogens with one attached hydrogen (secondary N) is 1. The molecule has 0 atom stereocenters. The number of halogens is 2. The Labute approximate surface area is 163 Å². The highest BCUT2D eigenvalue weighted by atomic mass is 79.9. The van der Waals surface area contributed by atoms with Crippen LogP contribution in [0.4, 0.5) is 0 Å². The molecule has 0 saturated heterocycles. The molecule has 0 aliphatic rings. The summed E-state index contributed by atoms with van der Waals surface area (Å²) in [7, 11) is 3.19. The minimum absolute atomic E-state index is 0.0191. The van der Waals surface area contributed by atoms with Crippen molar-refractivity contribution >= 4 is 37.8 Å². The Balaban J connectivity index is 1.81. The molecule has 0 bridgehead atoms. The van der Waals surface area contributed by atoms with Gasteiger partial charge < -0.3 is 19.5 Å². The first-order valence-corrected chi connectivity index (χ1v) is 9.17. The number of carbonyl (C=O) groups is 1. The second kappa shape index (κ2) is 9.68. The average Bonchev–Trinajstić information content (AvgIpc) is 2.62. The number of amides is 1. The van der Waals surface area contributed by atoms with Gasteiger partial charge in [0, 0.05) is 15.5 Å². The lowest BCUT2D eigenvalue weighted by Gasteiger charge is -2.12. The Kier molecular flexibility index (Phi) is 7.58. The number of hydrogen-bond acceptors (Lipinski definition) is 4. The Morgan fingerprint density at radius 1 is 1.04 bits per heavy atom. The van der Waals surface area contributed by atoms with Crippen LogP contribution < -0.4 is 19.5 Å². The van der Waals surface area contributed by atoms with E-state index in [1.165, 1.54) is 0 Å². The van der Waals surface area contributed by atoms with Crippen molar-refractivity contribution in [1.29, 1.82) is 0 Å². The smallest absolute Gasteiger partial charge is 0.257 e. The molecule has 0 saturated carbocycles. The molecule has 0 aromatic heterocycles. The van der Waals surface area contributed by atoms with Gasteiger partial charge in [-0.15, -0.1) is 0 Å². The van der Waals surface area contributed by atoms with Crippen LogP contribution in [0.15, 0.2) is 45.3 Å². The van der Waals surface area contributed by atoms with Gasteiger partial charge in [0.15, 0.2) is 18.1 Å². The van der Waals surface area contributed by atoms with Crippen LogP contribution in [0.1, 0.15) is 5.56 Å². The molecule has 7 heteroatoms. The maximum absolute atomic E-state index is 11.9. The quantitative estimate of drug-likeness (QED) is 0.631. The van der Waals surface area contributed by atoms with E-state index in [1.54, 1.807) is 26.4 Å². The zero-order valence-corrected chi connectivity index (χ0v) is 17.1. The fraction of sp³-hybridized carbons (Fsp3) is 0.278. The number of carbonyl (C=O) groups excluding carboxylic acids is 1. The lowest BCUT2D eigenvalue weighted by molar-refractivity contribution is -0.123. The lowest BCUT2D eigenvalue weighted by Crippen LogP contribution is -2.30. The molecule has 2 aromatic carbocycles. The van der Waals surface area contributed by atoms with Crippen LogP contribution in [0.25, 0.3) is 0 Å². The van der Waals surface area contributed by atoms with E-state index in [-0.39, 0.29) is 12.5 Å². The third-order valence-corrected chi connectivity index (χ3v) is 4.72. The number of rotatable bonds is 8. The normalized spacial score (nSPS) is 10.2. The van der Waals surface area contributed by atoms with Crippen molar-refractivity contribution in [2.75, 3.05) is 27.4 Å². The second-order valence-electron chi connectivity index (χ2n) is 5.14. The van der Waals surface area contributed by atoms with E-state index < -0.39 is 0 Å². The van der Waals surface area contributed by atoms with Crippen molar-refractivity contribution in [2.24, 2.45) is 0 Å². The van der Waals surface area contributed by atoms with E-state index in [4.69, 9.17) is 14.2 Å². The highest BCUT2D eigenvalue weighted by Crippen LogP contribution is 2.33. The molecule has 0 radical (unpaired) electrons. The Morgan fingerprint density at radius 2 is 1.68 bits per heavy atom. The molecular weight excluding hydrogens is 454 g/mol. The van der Waals surface area contributed by atoms with Crippen molar-refractivity contribution < 1.29 is 19.0 Å². The Bertz CT molecular complexity index is 720. The predicted octanol–water partition coefficient (Wildman–Crippen LogP) is 3.97. The number of benzene rings is 2. The van der Waals surface area contributed by atoms with E-state index in [0.29, 0.717) is 30.2 Å². The van der Waals surface area contributed by atoms with Gasteiger partial charge in [-0.05, 0) is 48.4 Å². The molecule has 2 rings (SSSR count). The molecule has 0 fully saturated rings. The lowest BCUT2D eigenvalue weighted by atomic mass is 10.1. The minimum atomic E-state index is -0.167. The van der Waals surface area contributed by atoms with Crippen LogP contribution in [-0.4, -0.2) is 33.3 Å². The van der Waals surface area contributed by atoms with Crippen LogP contribution in [0, 0.1) is 0 Å². The number of ether oxygens (including phenoxy) is 3. The van der Waals surface area contributed by atoms with E-state index in [9.17, 15) is 4.79 Å². The molecule has 0 unspecified atom stereocenters. The summed E-state index contributed by atoms with van der Waals surface area (Å²) in [5.41, 5.74) is 1.02. The van der Waals surface area contributed by atoms with E-state index >= 15 is 0 Å². The van der Waals surface area contributed by atoms with Crippen LogP contribution >= 0.6 is 31.9 Å². The summed E-state index contributed by atoms with van der Waals surface area (Å²) in [5.74, 6) is 1.80. The Morgan fingerprint density at radius 3 is 2.32 bits per heavy atom. The zero-order chi connectivity index (χ0) is 18.2. The van der Waals surface area contributed by atoms with Crippen LogP contribution in [0.5, 0.6) is 17.2 Å². The summed E-state index contributed by atoms with van der Waals surface area (Å²) in [6.07, 6.45) is 0.658. The minimum Gasteiger partial charge on any atom is -0.493 e. The molecule has 1 amide bonds. The highest BCUT2D eigenvalue weighted by Gasteiger charge is 2.10. The largest absolute Gasteiger partial charge is 0.493 e. The van der Waals surface area contributed by atoms with Crippen molar-refractivity contribution in [3.8, 4) is 17.2 Å². The second-order valence-corrected chi connectivity index (χ2v) is 6.91. The number of hydrogen-bond donors (Lipinski definition) is 1. The van der Waals surface area contributed by atoms with Gasteiger partial charge in [-0.3, -0.25) is 4.79 Å². The van der Waals surface area contributed by atoms with Gasteiger partial charge >= 0.3 is 0 Å². The van der Waals surface area contributed by atoms with E-state index in [1.807, 2.05) is 24.3 Å². The van der Waals surface area contributed by atoms with Crippen molar-refractivity contribution in [3.05, 3.63) is 50.9 Å². The fourth-order valence-corrected chi connectivity index (χ4v) is 2.94. The van der Waals surface area contributed by atoms with Gasteiger partial charge in [-0.25, -0.2) is 0 Å². The van der Waals surface area contributed by atoms with E-state index in [0.717, 1.165) is 14.5 Å². The molecule has 25 heavy (non-hydrogen) atoms. The molecule has 0 heterocycles. The molecule has 0 aliphatic heterocycles. The topological polar surface area (TPSA) is 56.8 Å². The van der Waals surface area contributed by atoms with Gasteiger partial charge in [0.05, 0.1) is 14.2 Å². The molecule has 0 aliphatic carbocycles. The van der Waals surface area contributed by atoms with Gasteiger partial charge in [-0.1, -0.05) is 31.9 Å². The first-order chi connectivity index (χ1) is 12.0. The van der Waals surface area contributed by atoms with Crippen LogP contribution in [-0.2, 0) is 11.2 Å². The summed E-state index contributed by atoms with van der Waals surface area (Å²) in [4.78, 5) is 11.9. The van der Waals surface area contributed by atoms with Crippen molar-refractivity contribution in [2.45, 2.75) is 6.42 Å². The third kappa shape index (κ3) is 5.93. The summed E-state index contributed by atoms with van der Waals surface area (Å²) >= 11 is 6.86. The van der Waals surface area contributed by atoms with Crippen molar-refractivity contribution in [3.63, 3.8) is 0 Å². The van der Waals surface area contributed by atoms with Crippen LogP contribution in [0.3, 0.4) is 0 Å². The maximum atomic E-state index is 11.9. The molecule has 5 nitrogen and oxygen atoms in total.